The van der Waals surface area contributed by atoms with Crippen LogP contribution in [0.5, 0.6) is 5.75 Å². The Morgan fingerprint density at radius 2 is 1.91 bits per heavy atom. The van der Waals surface area contributed by atoms with Crippen LogP contribution in [-0.4, -0.2) is 73.7 Å². The number of likely N-dealkylation sites (N-methyl/N-ethyl adjacent to an activating group) is 1. The first-order chi connectivity index (χ1) is 11.2. The van der Waals surface area contributed by atoms with Gasteiger partial charge in [-0.3, -0.25) is 9.80 Å². The normalized spacial score (nSPS) is 24.2. The molecule has 0 unspecified atom stereocenters. The van der Waals surface area contributed by atoms with Crippen molar-refractivity contribution in [2.45, 2.75) is 25.9 Å². The number of methoxy groups -OCH3 is 1. The molecule has 0 bridgehead atoms. The highest BCUT2D eigenvalue weighted by molar-refractivity contribution is 6.32. The third kappa shape index (κ3) is 4.18. The second-order valence-electron chi connectivity index (χ2n) is 6.62. The number of piperazine rings is 1. The van der Waals surface area contributed by atoms with E-state index in [0.29, 0.717) is 5.02 Å². The maximum absolute atomic E-state index is 6.24. The van der Waals surface area contributed by atoms with Crippen molar-refractivity contribution in [1.82, 2.24) is 14.7 Å². The van der Waals surface area contributed by atoms with Gasteiger partial charge in [0.2, 0.25) is 0 Å². The summed E-state index contributed by atoms with van der Waals surface area (Å²) in [5, 5.41) is 0.705. The zero-order valence-corrected chi connectivity index (χ0v) is 15.1. The van der Waals surface area contributed by atoms with Crippen LogP contribution >= 0.6 is 11.6 Å². The third-order valence-corrected chi connectivity index (χ3v) is 5.54. The van der Waals surface area contributed by atoms with Crippen LogP contribution in [0.4, 0.5) is 0 Å². The van der Waals surface area contributed by atoms with E-state index in [4.69, 9.17) is 16.3 Å². The highest BCUT2D eigenvalue weighted by Crippen LogP contribution is 2.26. The van der Waals surface area contributed by atoms with Gasteiger partial charge in [-0.1, -0.05) is 24.6 Å². The molecule has 3 rings (SSSR count). The highest BCUT2D eigenvalue weighted by atomic mass is 35.5. The van der Waals surface area contributed by atoms with Crippen LogP contribution < -0.4 is 4.74 Å². The van der Waals surface area contributed by atoms with Gasteiger partial charge in [0.05, 0.1) is 12.1 Å². The lowest BCUT2D eigenvalue weighted by molar-refractivity contribution is 0.101. The minimum Gasteiger partial charge on any atom is -0.495 e. The van der Waals surface area contributed by atoms with E-state index >= 15 is 0 Å². The molecule has 0 aliphatic carbocycles. The molecule has 2 aliphatic rings. The van der Waals surface area contributed by atoms with Crippen molar-refractivity contribution in [2.24, 2.45) is 0 Å². The van der Waals surface area contributed by atoms with Crippen molar-refractivity contribution < 1.29 is 4.74 Å². The molecule has 1 atom stereocenters. The maximum Gasteiger partial charge on any atom is 0.137 e. The van der Waals surface area contributed by atoms with Crippen molar-refractivity contribution >= 4 is 11.6 Å². The fourth-order valence-corrected chi connectivity index (χ4v) is 4.05. The average molecular weight is 338 g/mol. The zero-order chi connectivity index (χ0) is 16.2. The summed E-state index contributed by atoms with van der Waals surface area (Å²) in [5.41, 5.74) is 1.27. The Kier molecular flexibility index (Phi) is 5.81. The number of likely N-dealkylation sites (tertiary alicyclic amines) is 1. The Morgan fingerprint density at radius 3 is 2.57 bits per heavy atom. The minimum atomic E-state index is 0.705. The van der Waals surface area contributed by atoms with E-state index in [9.17, 15) is 0 Å². The zero-order valence-electron chi connectivity index (χ0n) is 14.3. The Bertz CT molecular complexity index is 517. The van der Waals surface area contributed by atoms with E-state index in [1.165, 1.54) is 57.8 Å². The van der Waals surface area contributed by atoms with Crippen LogP contribution in [0.25, 0.3) is 0 Å². The smallest absolute Gasteiger partial charge is 0.137 e. The molecule has 128 valence electrons. The fourth-order valence-electron chi connectivity index (χ4n) is 3.77. The number of benzene rings is 1. The first-order valence-electron chi connectivity index (χ1n) is 8.70. The molecule has 4 nitrogen and oxygen atoms in total. The quantitative estimate of drug-likeness (QED) is 0.822. The average Bonchev–Trinajstić information content (AvgIpc) is 3.03. The molecule has 23 heavy (non-hydrogen) atoms. The summed E-state index contributed by atoms with van der Waals surface area (Å²) in [4.78, 5) is 7.78. The van der Waals surface area contributed by atoms with E-state index in [-0.39, 0.29) is 0 Å². The van der Waals surface area contributed by atoms with Gasteiger partial charge in [-0.05, 0) is 30.7 Å². The Hall–Kier alpha value is -0.810. The summed E-state index contributed by atoms with van der Waals surface area (Å²) in [7, 11) is 1.66. The van der Waals surface area contributed by atoms with Gasteiger partial charge in [0, 0.05) is 51.9 Å². The summed E-state index contributed by atoms with van der Waals surface area (Å²) in [5.74, 6) is 0.753. The van der Waals surface area contributed by atoms with Gasteiger partial charge in [-0.15, -0.1) is 0 Å². The molecule has 1 aromatic rings. The van der Waals surface area contributed by atoms with Crippen molar-refractivity contribution in [3.05, 3.63) is 28.8 Å². The molecule has 0 aromatic heterocycles. The van der Waals surface area contributed by atoms with Crippen molar-refractivity contribution in [3.63, 3.8) is 0 Å². The molecule has 0 N–H and O–H groups in total. The molecular formula is C18H28ClN3O. The third-order valence-electron chi connectivity index (χ3n) is 5.24. The van der Waals surface area contributed by atoms with E-state index in [1.54, 1.807) is 7.11 Å². The second kappa shape index (κ2) is 7.84. The topological polar surface area (TPSA) is 19.0 Å². The molecule has 2 heterocycles. The Morgan fingerprint density at radius 1 is 1.13 bits per heavy atom. The fraction of sp³-hybridized carbons (Fsp3) is 0.667. The largest absolute Gasteiger partial charge is 0.495 e. The van der Waals surface area contributed by atoms with E-state index < -0.39 is 0 Å². The monoisotopic (exact) mass is 337 g/mol. The lowest BCUT2D eigenvalue weighted by atomic mass is 10.2. The summed E-state index contributed by atoms with van der Waals surface area (Å²) >= 11 is 6.24. The van der Waals surface area contributed by atoms with E-state index in [1.807, 2.05) is 12.1 Å². The molecule has 2 aliphatic heterocycles. The highest BCUT2D eigenvalue weighted by Gasteiger charge is 2.29. The molecule has 2 fully saturated rings. The second-order valence-corrected chi connectivity index (χ2v) is 7.02. The van der Waals surface area contributed by atoms with Crippen LogP contribution in [0.1, 0.15) is 18.9 Å². The molecular weight excluding hydrogens is 310 g/mol. The molecule has 0 amide bonds. The number of nitrogens with zero attached hydrogens (tertiary/aromatic N) is 3. The summed E-state index contributed by atoms with van der Waals surface area (Å²) < 4.78 is 5.23. The number of ether oxygens (including phenoxy) is 1. The Labute approximate surface area is 144 Å². The standard InChI is InChI=1S/C18H28ClN3O/c1-3-20-8-10-22(11-9-20)16-6-7-21(14-16)13-15-4-5-18(23-2)17(19)12-15/h4-5,12,16H,3,6-11,13-14H2,1-2H3/t16-/m0/s1. The van der Waals surface area contributed by atoms with Gasteiger partial charge in [-0.25, -0.2) is 0 Å². The minimum absolute atomic E-state index is 0.705. The van der Waals surface area contributed by atoms with Crippen LogP contribution in [0, 0.1) is 0 Å². The van der Waals surface area contributed by atoms with Crippen LogP contribution in [0.3, 0.4) is 0 Å². The molecule has 0 radical (unpaired) electrons. The molecule has 0 spiro atoms. The summed E-state index contributed by atoms with van der Waals surface area (Å²) in [6.45, 7) is 11.7. The van der Waals surface area contributed by atoms with Crippen molar-refractivity contribution in [2.75, 3.05) is 52.9 Å². The lowest BCUT2D eigenvalue weighted by Gasteiger charge is -2.37. The van der Waals surface area contributed by atoms with E-state index in [2.05, 4.69) is 27.7 Å². The lowest BCUT2D eigenvalue weighted by Crippen LogP contribution is -2.50. The van der Waals surface area contributed by atoms with Gasteiger partial charge in [0.25, 0.3) is 0 Å². The number of halogens is 1. The van der Waals surface area contributed by atoms with Crippen LogP contribution in [-0.2, 0) is 6.54 Å². The maximum atomic E-state index is 6.24. The van der Waals surface area contributed by atoms with Gasteiger partial charge >= 0.3 is 0 Å². The first-order valence-corrected chi connectivity index (χ1v) is 9.08. The Balaban J connectivity index is 1.51. The van der Waals surface area contributed by atoms with Crippen LogP contribution in [0.15, 0.2) is 18.2 Å². The van der Waals surface area contributed by atoms with Crippen molar-refractivity contribution in [3.8, 4) is 5.75 Å². The molecule has 0 saturated carbocycles. The first kappa shape index (κ1) is 17.0. The number of hydrogen-bond donors (Lipinski definition) is 0. The number of hydrogen-bond acceptors (Lipinski definition) is 4. The predicted octanol–water partition coefficient (Wildman–Crippen LogP) is 2.56. The van der Waals surface area contributed by atoms with Gasteiger partial charge in [0.1, 0.15) is 5.75 Å². The SMILES string of the molecule is CCN1CCN([C@H]2CCN(Cc3ccc(OC)c(Cl)c3)C2)CC1. The number of rotatable bonds is 5. The van der Waals surface area contributed by atoms with E-state index in [0.717, 1.165) is 18.3 Å². The summed E-state index contributed by atoms with van der Waals surface area (Å²) in [6.07, 6.45) is 1.29. The van der Waals surface area contributed by atoms with Gasteiger partial charge in [-0.2, -0.15) is 0 Å². The molecule has 2 saturated heterocycles. The van der Waals surface area contributed by atoms with Crippen LogP contribution in [0.2, 0.25) is 5.02 Å². The van der Waals surface area contributed by atoms with Gasteiger partial charge < -0.3 is 9.64 Å². The van der Waals surface area contributed by atoms with Crippen molar-refractivity contribution in [1.29, 1.82) is 0 Å². The molecule has 5 heteroatoms. The summed E-state index contributed by atoms with van der Waals surface area (Å²) in [6, 6.07) is 6.85. The molecule has 1 aromatic carbocycles. The predicted molar refractivity (Wildman–Crippen MR) is 95.4 cm³/mol. The van der Waals surface area contributed by atoms with Gasteiger partial charge in [0.15, 0.2) is 0 Å².